The van der Waals surface area contributed by atoms with Gasteiger partial charge < -0.3 is 5.32 Å². The number of aryl methyl sites for hydroxylation is 1. The minimum atomic E-state index is 0.466. The lowest BCUT2D eigenvalue weighted by Gasteiger charge is -2.10. The topological polar surface area (TPSA) is 61.6 Å². The van der Waals surface area contributed by atoms with Gasteiger partial charge in [-0.15, -0.1) is 0 Å². The van der Waals surface area contributed by atoms with Crippen molar-refractivity contribution in [3.8, 4) is 17.3 Å². The molecule has 0 bridgehead atoms. The molecule has 0 aliphatic rings. The van der Waals surface area contributed by atoms with Crippen LogP contribution in [-0.4, -0.2) is 17.0 Å². The van der Waals surface area contributed by atoms with Crippen molar-refractivity contribution < 1.29 is 0 Å². The Morgan fingerprint density at radius 2 is 1.76 bits per heavy atom. The monoisotopic (exact) mass is 346 g/mol. The molecule has 1 aromatic heterocycles. The van der Waals surface area contributed by atoms with Crippen molar-refractivity contribution in [3.63, 3.8) is 0 Å². The Labute approximate surface area is 152 Å². The van der Waals surface area contributed by atoms with Crippen molar-refractivity contribution in [2.75, 3.05) is 12.4 Å². The van der Waals surface area contributed by atoms with Crippen molar-refractivity contribution in [2.45, 2.75) is 17.8 Å². The Kier molecular flexibility index (Phi) is 5.32. The normalized spacial score (nSPS) is 10.3. The summed E-state index contributed by atoms with van der Waals surface area (Å²) in [7, 11) is 1.77. The molecule has 0 aliphatic carbocycles. The van der Waals surface area contributed by atoms with E-state index < -0.39 is 0 Å². The Balaban J connectivity index is 1.94. The van der Waals surface area contributed by atoms with Crippen LogP contribution in [0.2, 0.25) is 0 Å². The van der Waals surface area contributed by atoms with Crippen LogP contribution in [0.25, 0.3) is 11.3 Å². The lowest BCUT2D eigenvalue weighted by atomic mass is 10.1. The second-order valence-corrected chi connectivity index (χ2v) is 6.52. The van der Waals surface area contributed by atoms with Gasteiger partial charge in [0.15, 0.2) is 5.16 Å². The summed E-state index contributed by atoms with van der Waals surface area (Å²) in [6, 6.07) is 20.4. The second-order valence-electron chi connectivity index (χ2n) is 5.58. The van der Waals surface area contributed by atoms with E-state index in [0.29, 0.717) is 22.2 Å². The van der Waals surface area contributed by atoms with E-state index in [-0.39, 0.29) is 0 Å². The zero-order valence-electron chi connectivity index (χ0n) is 14.2. The van der Waals surface area contributed by atoms with Crippen LogP contribution < -0.4 is 5.32 Å². The fraction of sp³-hybridized carbons (Fsp3) is 0.150. The molecule has 0 atom stereocenters. The molecule has 0 saturated heterocycles. The summed E-state index contributed by atoms with van der Waals surface area (Å²) < 4.78 is 0. The maximum absolute atomic E-state index is 9.54. The van der Waals surface area contributed by atoms with Crippen LogP contribution in [0.1, 0.15) is 16.7 Å². The first-order valence-electron chi connectivity index (χ1n) is 7.95. The number of hydrogen-bond acceptors (Lipinski definition) is 5. The molecule has 1 heterocycles. The third kappa shape index (κ3) is 3.98. The molecule has 0 fully saturated rings. The molecule has 1 N–H and O–H groups in total. The molecule has 2 aromatic carbocycles. The minimum absolute atomic E-state index is 0.466. The van der Waals surface area contributed by atoms with Gasteiger partial charge in [-0.2, -0.15) is 5.26 Å². The Morgan fingerprint density at radius 1 is 1.04 bits per heavy atom. The van der Waals surface area contributed by atoms with Gasteiger partial charge in [0, 0.05) is 18.4 Å². The van der Waals surface area contributed by atoms with E-state index in [0.717, 1.165) is 11.3 Å². The average molecular weight is 346 g/mol. The van der Waals surface area contributed by atoms with Gasteiger partial charge in [0.25, 0.3) is 0 Å². The Hall–Kier alpha value is -2.84. The predicted octanol–water partition coefficient (Wildman–Crippen LogP) is 4.66. The fourth-order valence-corrected chi connectivity index (χ4v) is 3.23. The number of thioether (sulfide) groups is 1. The van der Waals surface area contributed by atoms with Crippen LogP contribution in [-0.2, 0) is 5.75 Å². The number of nitriles is 1. The number of anilines is 1. The van der Waals surface area contributed by atoms with E-state index in [4.69, 9.17) is 0 Å². The maximum atomic E-state index is 9.54. The van der Waals surface area contributed by atoms with Gasteiger partial charge in [-0.05, 0) is 12.5 Å². The maximum Gasteiger partial charge on any atom is 0.190 e. The first-order chi connectivity index (χ1) is 12.2. The molecule has 0 unspecified atom stereocenters. The van der Waals surface area contributed by atoms with Gasteiger partial charge in [0.1, 0.15) is 17.5 Å². The van der Waals surface area contributed by atoms with Crippen LogP contribution in [0.3, 0.4) is 0 Å². The summed E-state index contributed by atoms with van der Waals surface area (Å²) in [5.41, 5.74) is 4.50. The van der Waals surface area contributed by atoms with E-state index in [9.17, 15) is 5.26 Å². The minimum Gasteiger partial charge on any atom is -0.372 e. The molecular weight excluding hydrogens is 328 g/mol. The molecule has 4 nitrogen and oxygen atoms in total. The molecule has 124 valence electrons. The second kappa shape index (κ2) is 7.82. The number of aromatic nitrogens is 2. The van der Waals surface area contributed by atoms with Crippen molar-refractivity contribution in [3.05, 3.63) is 71.3 Å². The highest BCUT2D eigenvalue weighted by Gasteiger charge is 2.15. The zero-order valence-corrected chi connectivity index (χ0v) is 15.0. The fourth-order valence-electron chi connectivity index (χ4n) is 2.43. The highest BCUT2D eigenvalue weighted by atomic mass is 32.2. The number of benzene rings is 2. The summed E-state index contributed by atoms with van der Waals surface area (Å²) in [6.07, 6.45) is 0. The molecule has 0 radical (unpaired) electrons. The highest BCUT2D eigenvalue weighted by molar-refractivity contribution is 7.98. The van der Waals surface area contributed by atoms with Crippen LogP contribution in [0.4, 0.5) is 5.82 Å². The third-order valence-electron chi connectivity index (χ3n) is 3.77. The zero-order chi connectivity index (χ0) is 17.6. The van der Waals surface area contributed by atoms with Gasteiger partial charge in [0.05, 0.1) is 5.69 Å². The van der Waals surface area contributed by atoms with Gasteiger partial charge in [0.2, 0.25) is 0 Å². The highest BCUT2D eigenvalue weighted by Crippen LogP contribution is 2.29. The molecule has 5 heteroatoms. The Morgan fingerprint density at radius 3 is 2.40 bits per heavy atom. The predicted molar refractivity (Wildman–Crippen MR) is 102 cm³/mol. The summed E-state index contributed by atoms with van der Waals surface area (Å²) in [5, 5.41) is 13.2. The molecule has 3 rings (SSSR count). The van der Waals surface area contributed by atoms with Crippen molar-refractivity contribution >= 4 is 17.6 Å². The average Bonchev–Trinajstić information content (AvgIpc) is 2.67. The van der Waals surface area contributed by atoms with Crippen LogP contribution in [0.5, 0.6) is 0 Å². The first-order valence-corrected chi connectivity index (χ1v) is 8.93. The van der Waals surface area contributed by atoms with E-state index in [1.54, 1.807) is 18.8 Å². The molecule has 25 heavy (non-hydrogen) atoms. The van der Waals surface area contributed by atoms with Gasteiger partial charge >= 0.3 is 0 Å². The van der Waals surface area contributed by atoms with E-state index in [1.165, 1.54) is 11.1 Å². The molecule has 0 saturated carbocycles. The largest absolute Gasteiger partial charge is 0.372 e. The van der Waals surface area contributed by atoms with Crippen molar-refractivity contribution in [2.24, 2.45) is 0 Å². The summed E-state index contributed by atoms with van der Waals surface area (Å²) in [4.78, 5) is 9.14. The van der Waals surface area contributed by atoms with E-state index in [2.05, 4.69) is 52.5 Å². The SMILES string of the molecule is CNc1nc(SCc2ccc(C)cc2)nc(-c2ccccc2)c1C#N. The number of nitrogens with one attached hydrogen (secondary N) is 1. The van der Waals surface area contributed by atoms with Crippen LogP contribution in [0.15, 0.2) is 59.8 Å². The molecule has 3 aromatic rings. The van der Waals surface area contributed by atoms with E-state index in [1.807, 2.05) is 30.3 Å². The number of hydrogen-bond donors (Lipinski definition) is 1. The standard InChI is InChI=1S/C20H18N4S/c1-14-8-10-15(11-9-14)13-25-20-23-18(16-6-4-3-5-7-16)17(12-21)19(22-2)24-20/h3-11H,13H2,1-2H3,(H,22,23,24). The quantitative estimate of drug-likeness (QED) is 0.538. The number of nitrogens with zero attached hydrogens (tertiary/aromatic N) is 3. The summed E-state index contributed by atoms with van der Waals surface area (Å²) >= 11 is 1.57. The third-order valence-corrected chi connectivity index (χ3v) is 4.69. The van der Waals surface area contributed by atoms with E-state index >= 15 is 0 Å². The number of rotatable bonds is 5. The van der Waals surface area contributed by atoms with Gasteiger partial charge in [-0.1, -0.05) is 71.9 Å². The lowest BCUT2D eigenvalue weighted by molar-refractivity contribution is 0.968. The van der Waals surface area contributed by atoms with Crippen molar-refractivity contribution in [1.29, 1.82) is 5.26 Å². The summed E-state index contributed by atoms with van der Waals surface area (Å²) in [5.74, 6) is 1.34. The van der Waals surface area contributed by atoms with Crippen molar-refractivity contribution in [1.82, 2.24) is 9.97 Å². The molecule has 0 aliphatic heterocycles. The van der Waals surface area contributed by atoms with Gasteiger partial charge in [-0.25, -0.2) is 9.97 Å². The van der Waals surface area contributed by atoms with Gasteiger partial charge in [-0.3, -0.25) is 0 Å². The van der Waals surface area contributed by atoms with Crippen LogP contribution in [0, 0.1) is 18.3 Å². The summed E-state index contributed by atoms with van der Waals surface area (Å²) in [6.45, 7) is 2.08. The van der Waals surface area contributed by atoms with Crippen LogP contribution >= 0.6 is 11.8 Å². The molecular formula is C20H18N4S. The first kappa shape index (κ1) is 17.0. The Bertz CT molecular complexity index is 899. The molecule has 0 spiro atoms. The smallest absolute Gasteiger partial charge is 0.190 e. The lowest BCUT2D eigenvalue weighted by Crippen LogP contribution is -2.03. The molecule has 0 amide bonds.